The highest BCUT2D eigenvalue weighted by Gasteiger charge is 2.62. The Morgan fingerprint density at radius 2 is 2.03 bits per heavy atom. The average Bonchev–Trinajstić information content (AvgIpc) is 3.08. The smallest absolute Gasteiger partial charge is 0.351 e. The van der Waals surface area contributed by atoms with Gasteiger partial charge < -0.3 is 41.8 Å². The molecule has 2 heterocycles. The van der Waals surface area contributed by atoms with Crippen LogP contribution in [0.2, 0.25) is 0 Å². The Hall–Kier alpha value is -3.35. The highest BCUT2D eigenvalue weighted by molar-refractivity contribution is 7.80. The molecule has 1 fully saturated rings. The Kier molecular flexibility index (Phi) is 10.3. The second-order valence-electron chi connectivity index (χ2n) is 7.84. The fourth-order valence-electron chi connectivity index (χ4n) is 3.20. The number of carbonyl (C=O) groups excluding carboxylic acids is 3. The number of esters is 1. The van der Waals surface area contributed by atoms with Crippen molar-refractivity contribution in [3.05, 3.63) is 22.7 Å². The van der Waals surface area contributed by atoms with Crippen LogP contribution >= 0.6 is 12.6 Å². The monoisotopic (exact) mass is 552 g/mol. The van der Waals surface area contributed by atoms with Gasteiger partial charge in [0.2, 0.25) is 18.0 Å². The number of nitrogens with one attached hydrogen (secondary N) is 2. The number of ether oxygens (including phenoxy) is 2. The van der Waals surface area contributed by atoms with Crippen molar-refractivity contribution in [2.75, 3.05) is 24.6 Å². The number of nitrogens with two attached hydrogens (primary N) is 2. The summed E-state index contributed by atoms with van der Waals surface area (Å²) in [6.45, 7) is -1.89. The lowest BCUT2D eigenvalue weighted by Gasteiger charge is -2.24. The summed E-state index contributed by atoms with van der Waals surface area (Å²) in [5, 5.41) is 22.5. The van der Waals surface area contributed by atoms with Crippen molar-refractivity contribution >= 4 is 42.2 Å². The van der Waals surface area contributed by atoms with E-state index < -0.39 is 79.0 Å². The third kappa shape index (κ3) is 7.57. The van der Waals surface area contributed by atoms with Crippen molar-refractivity contribution in [3.8, 4) is 0 Å². The fourth-order valence-corrected chi connectivity index (χ4v) is 3.46. The van der Waals surface area contributed by atoms with Gasteiger partial charge in [-0.25, -0.2) is 4.79 Å². The topological polar surface area (TPSA) is 238 Å². The number of aliphatic hydroxyl groups excluding tert-OH is 1. The number of nitrogens with zero attached hydrogens (tertiary/aromatic N) is 2. The van der Waals surface area contributed by atoms with E-state index in [4.69, 9.17) is 26.0 Å². The van der Waals surface area contributed by atoms with E-state index in [-0.39, 0.29) is 24.4 Å². The summed E-state index contributed by atoms with van der Waals surface area (Å²) in [5.74, 6) is -8.69. The van der Waals surface area contributed by atoms with Crippen molar-refractivity contribution in [3.63, 3.8) is 0 Å². The SMILES string of the molecule is Nc1ccn([C@@H]2O[C@H](CO)[C@@H](OC(=O)CNC(=O)C(CS)NC(=O)CCC(N)C(=O)O)C2(F)F)c(=O)n1. The minimum atomic E-state index is -3.99. The number of alkyl halides is 2. The minimum absolute atomic E-state index is 0.197. The largest absolute Gasteiger partial charge is 0.480 e. The summed E-state index contributed by atoms with van der Waals surface area (Å²) in [6, 6.07) is -1.46. The quantitative estimate of drug-likeness (QED) is 0.101. The summed E-state index contributed by atoms with van der Waals surface area (Å²) in [4.78, 5) is 62.4. The minimum Gasteiger partial charge on any atom is -0.480 e. The van der Waals surface area contributed by atoms with Gasteiger partial charge >= 0.3 is 23.6 Å². The van der Waals surface area contributed by atoms with Gasteiger partial charge in [0.15, 0.2) is 6.10 Å². The number of anilines is 1. The molecule has 0 bridgehead atoms. The zero-order valence-corrected chi connectivity index (χ0v) is 20.0. The maximum Gasteiger partial charge on any atom is 0.351 e. The number of carboxylic acid groups (broad SMARTS) is 1. The van der Waals surface area contributed by atoms with Crippen LogP contribution in [0.25, 0.3) is 0 Å². The molecule has 0 spiro atoms. The predicted molar refractivity (Wildman–Crippen MR) is 122 cm³/mol. The second kappa shape index (κ2) is 12.7. The average molecular weight is 553 g/mol. The van der Waals surface area contributed by atoms with Gasteiger partial charge in [-0.15, -0.1) is 0 Å². The molecule has 1 aliphatic rings. The Labute approximate surface area is 212 Å². The summed E-state index contributed by atoms with van der Waals surface area (Å²) >= 11 is 3.92. The molecule has 1 aromatic rings. The molecule has 8 N–H and O–H groups in total. The van der Waals surface area contributed by atoms with E-state index in [2.05, 4.69) is 28.2 Å². The molecule has 37 heavy (non-hydrogen) atoms. The van der Waals surface area contributed by atoms with Crippen LogP contribution in [0.5, 0.6) is 0 Å². The van der Waals surface area contributed by atoms with E-state index in [1.54, 1.807) is 0 Å². The third-order valence-corrected chi connectivity index (χ3v) is 5.50. The molecule has 2 amide bonds. The van der Waals surface area contributed by atoms with Gasteiger partial charge in [0.1, 0.15) is 30.6 Å². The standard InChI is InChI=1S/C19H26F2N6O9S/c20-19(21)14(10(6-28)35-17(19)27-4-3-11(23)26-18(27)34)36-13(30)5-24-15(31)9(7-37)25-12(29)2-1-8(22)16(32)33/h3-4,8-10,14,17,28,37H,1-2,5-7,22H2,(H,24,31)(H,25,29)(H,32,33)(H2,23,26,34)/t8?,9?,10-,14-,17-/m1/s1. The van der Waals surface area contributed by atoms with Crippen LogP contribution in [0.4, 0.5) is 14.6 Å². The number of aromatic nitrogens is 2. The Bertz CT molecular complexity index is 1070. The van der Waals surface area contributed by atoms with Crippen LogP contribution in [-0.4, -0.2) is 92.6 Å². The second-order valence-corrected chi connectivity index (χ2v) is 8.21. The van der Waals surface area contributed by atoms with E-state index in [9.17, 15) is 29.1 Å². The highest BCUT2D eigenvalue weighted by atomic mass is 32.1. The van der Waals surface area contributed by atoms with Crippen molar-refractivity contribution in [2.24, 2.45) is 5.73 Å². The summed E-state index contributed by atoms with van der Waals surface area (Å²) < 4.78 is 40.3. The molecule has 1 aliphatic heterocycles. The number of amides is 2. The van der Waals surface area contributed by atoms with Crippen molar-refractivity contribution in [2.45, 2.75) is 49.3 Å². The number of nitrogen functional groups attached to an aromatic ring is 1. The summed E-state index contributed by atoms with van der Waals surface area (Å²) in [6.07, 6.45) is -5.90. The van der Waals surface area contributed by atoms with Gasteiger partial charge in [-0.2, -0.15) is 26.4 Å². The Morgan fingerprint density at radius 3 is 2.59 bits per heavy atom. The molecule has 1 aromatic heterocycles. The van der Waals surface area contributed by atoms with Gasteiger partial charge in [0.05, 0.1) is 6.61 Å². The van der Waals surface area contributed by atoms with E-state index in [0.29, 0.717) is 4.57 Å². The molecule has 1 saturated heterocycles. The molecule has 0 aliphatic carbocycles. The molecular formula is C19H26F2N6O9S. The first-order chi connectivity index (χ1) is 17.3. The van der Waals surface area contributed by atoms with Crippen LogP contribution in [-0.2, 0) is 28.7 Å². The van der Waals surface area contributed by atoms with Crippen molar-refractivity contribution in [1.29, 1.82) is 0 Å². The number of aliphatic carboxylic acids is 1. The zero-order chi connectivity index (χ0) is 27.9. The van der Waals surface area contributed by atoms with E-state index in [0.717, 1.165) is 12.3 Å². The molecule has 15 nitrogen and oxygen atoms in total. The van der Waals surface area contributed by atoms with Gasteiger partial charge in [-0.05, 0) is 12.5 Å². The van der Waals surface area contributed by atoms with Crippen LogP contribution in [0.1, 0.15) is 19.1 Å². The normalized spacial score (nSPS) is 22.0. The summed E-state index contributed by atoms with van der Waals surface area (Å²) in [5.41, 5.74) is 9.48. The first-order valence-corrected chi connectivity index (χ1v) is 11.3. The molecule has 0 aromatic carbocycles. The van der Waals surface area contributed by atoms with Crippen LogP contribution in [0.15, 0.2) is 17.1 Å². The lowest BCUT2D eigenvalue weighted by atomic mass is 10.1. The Balaban J connectivity index is 1.97. The summed E-state index contributed by atoms with van der Waals surface area (Å²) in [7, 11) is 0. The number of carbonyl (C=O) groups is 4. The van der Waals surface area contributed by atoms with Crippen molar-refractivity contribution < 1.29 is 47.6 Å². The fraction of sp³-hybridized carbons (Fsp3) is 0.579. The lowest BCUT2D eigenvalue weighted by molar-refractivity contribution is -0.176. The first-order valence-electron chi connectivity index (χ1n) is 10.7. The number of thiol groups is 1. The predicted octanol–water partition coefficient (Wildman–Crippen LogP) is -3.01. The molecule has 2 unspecified atom stereocenters. The number of rotatable bonds is 12. The molecule has 0 saturated carbocycles. The van der Waals surface area contributed by atoms with E-state index in [1.807, 2.05) is 0 Å². The van der Waals surface area contributed by atoms with Gasteiger partial charge in [-0.3, -0.25) is 23.7 Å². The first kappa shape index (κ1) is 29.9. The number of halogens is 2. The van der Waals surface area contributed by atoms with Gasteiger partial charge in [0, 0.05) is 18.4 Å². The zero-order valence-electron chi connectivity index (χ0n) is 19.1. The Morgan fingerprint density at radius 1 is 1.35 bits per heavy atom. The number of aliphatic hydroxyl groups is 1. The maximum absolute atomic E-state index is 15.0. The highest BCUT2D eigenvalue weighted by Crippen LogP contribution is 2.43. The lowest BCUT2D eigenvalue weighted by Crippen LogP contribution is -2.50. The molecule has 5 atom stereocenters. The molecule has 206 valence electrons. The van der Waals surface area contributed by atoms with Crippen LogP contribution in [0, 0.1) is 0 Å². The van der Waals surface area contributed by atoms with Crippen molar-refractivity contribution in [1.82, 2.24) is 20.2 Å². The molecular weight excluding hydrogens is 526 g/mol. The van der Waals surface area contributed by atoms with Gasteiger partial charge in [-0.1, -0.05) is 0 Å². The van der Waals surface area contributed by atoms with Crippen LogP contribution < -0.4 is 27.8 Å². The van der Waals surface area contributed by atoms with E-state index >= 15 is 8.78 Å². The van der Waals surface area contributed by atoms with E-state index in [1.165, 1.54) is 0 Å². The molecule has 0 radical (unpaired) electrons. The number of hydrogen-bond donors (Lipinski definition) is 7. The maximum atomic E-state index is 15.0. The van der Waals surface area contributed by atoms with Gasteiger partial charge in [0.25, 0.3) is 0 Å². The molecule has 18 heteroatoms. The molecule has 2 rings (SSSR count). The van der Waals surface area contributed by atoms with Crippen LogP contribution in [0.3, 0.4) is 0 Å². The number of hydrogen-bond acceptors (Lipinski definition) is 12. The number of carboxylic acids is 1. The third-order valence-electron chi connectivity index (χ3n) is 5.13.